The van der Waals surface area contributed by atoms with Crippen molar-refractivity contribution in [1.82, 2.24) is 14.9 Å². The largest absolute Gasteiger partial charge is 0.466 e. The van der Waals surface area contributed by atoms with Crippen LogP contribution in [-0.4, -0.2) is 53.0 Å². The number of hydrogen-bond acceptors (Lipinski definition) is 6. The van der Waals surface area contributed by atoms with Crippen LogP contribution < -0.4 is 4.90 Å². The molecule has 2 aromatic carbocycles. The average Bonchev–Trinajstić information content (AvgIpc) is 2.93. The first-order valence-electron chi connectivity index (χ1n) is 13.1. The molecule has 1 amide bonds. The fraction of sp³-hybridized carbons (Fsp3) is 0.400. The van der Waals surface area contributed by atoms with E-state index >= 15 is 0 Å². The van der Waals surface area contributed by atoms with Gasteiger partial charge in [0.2, 0.25) is 0 Å². The van der Waals surface area contributed by atoms with Crippen LogP contribution in [0.15, 0.2) is 60.9 Å². The second-order valence-corrected chi connectivity index (χ2v) is 10.5. The number of fused-ring (bicyclic) bond motifs is 1. The van der Waals surface area contributed by atoms with Crippen LogP contribution in [0.25, 0.3) is 11.1 Å². The first-order valence-corrected chi connectivity index (χ1v) is 13.1. The van der Waals surface area contributed by atoms with Gasteiger partial charge in [0.15, 0.2) is 0 Å². The highest BCUT2D eigenvalue weighted by molar-refractivity contribution is 5.95. The number of hydrogen-bond donors (Lipinski definition) is 0. The quantitative estimate of drug-likeness (QED) is 0.468. The fourth-order valence-corrected chi connectivity index (χ4v) is 5.55. The summed E-state index contributed by atoms with van der Waals surface area (Å²) in [4.78, 5) is 39.3. The molecule has 192 valence electrons. The molecule has 3 heterocycles. The molecule has 2 aliphatic heterocycles. The summed E-state index contributed by atoms with van der Waals surface area (Å²) < 4.78 is 5.23. The summed E-state index contributed by atoms with van der Waals surface area (Å²) in [6.45, 7) is 9.01. The van der Waals surface area contributed by atoms with E-state index < -0.39 is 0 Å². The van der Waals surface area contributed by atoms with Crippen LogP contribution in [0.2, 0.25) is 0 Å². The van der Waals surface area contributed by atoms with Crippen molar-refractivity contribution in [3.63, 3.8) is 0 Å². The van der Waals surface area contributed by atoms with Crippen LogP contribution in [0.1, 0.15) is 55.2 Å². The molecular formula is C30H34N4O3. The molecule has 0 radical (unpaired) electrons. The first kappa shape index (κ1) is 24.9. The van der Waals surface area contributed by atoms with Crippen molar-refractivity contribution in [2.75, 3.05) is 31.1 Å². The number of amides is 1. The molecule has 1 aromatic heterocycles. The fourth-order valence-electron chi connectivity index (χ4n) is 5.55. The Morgan fingerprint density at radius 1 is 0.973 bits per heavy atom. The minimum atomic E-state index is -0.311. The second kappa shape index (κ2) is 10.3. The summed E-state index contributed by atoms with van der Waals surface area (Å²) in [7, 11) is 0. The van der Waals surface area contributed by atoms with E-state index in [1.54, 1.807) is 6.33 Å². The number of nitrogens with zero attached hydrogens (tertiary/aromatic N) is 4. The van der Waals surface area contributed by atoms with Gasteiger partial charge in [0.1, 0.15) is 12.1 Å². The van der Waals surface area contributed by atoms with E-state index in [4.69, 9.17) is 4.74 Å². The average molecular weight is 499 g/mol. The monoisotopic (exact) mass is 498 g/mol. The molecule has 37 heavy (non-hydrogen) atoms. The molecule has 0 atom stereocenters. The number of piperidine rings is 1. The van der Waals surface area contributed by atoms with E-state index in [1.807, 2.05) is 54.3 Å². The van der Waals surface area contributed by atoms with Gasteiger partial charge in [0.05, 0.1) is 24.8 Å². The van der Waals surface area contributed by atoms with Crippen molar-refractivity contribution >= 4 is 17.7 Å². The van der Waals surface area contributed by atoms with Crippen LogP contribution in [-0.2, 0) is 21.5 Å². The van der Waals surface area contributed by atoms with Gasteiger partial charge in [0.25, 0.3) is 5.91 Å². The maximum Gasteiger partial charge on any atom is 0.309 e. The Hall–Kier alpha value is -3.74. The van der Waals surface area contributed by atoms with Gasteiger partial charge in [-0.25, -0.2) is 9.97 Å². The highest BCUT2D eigenvalue weighted by Crippen LogP contribution is 2.37. The van der Waals surface area contributed by atoms with E-state index in [9.17, 15) is 9.59 Å². The molecule has 0 spiro atoms. The molecule has 3 aromatic rings. The smallest absolute Gasteiger partial charge is 0.309 e. The second-order valence-electron chi connectivity index (χ2n) is 10.5. The van der Waals surface area contributed by atoms with Gasteiger partial charge in [-0.3, -0.25) is 9.59 Å². The predicted octanol–water partition coefficient (Wildman–Crippen LogP) is 4.86. The lowest BCUT2D eigenvalue weighted by molar-refractivity contribution is -0.148. The summed E-state index contributed by atoms with van der Waals surface area (Å²) in [6.07, 6.45) is 3.10. The Balaban J connectivity index is 1.36. The molecule has 7 heteroatoms. The minimum Gasteiger partial charge on any atom is -0.466 e. The van der Waals surface area contributed by atoms with Gasteiger partial charge < -0.3 is 14.5 Å². The minimum absolute atomic E-state index is 0.00848. The number of aromatic nitrogens is 2. The van der Waals surface area contributed by atoms with Gasteiger partial charge in [-0.15, -0.1) is 0 Å². The van der Waals surface area contributed by atoms with Crippen LogP contribution >= 0.6 is 0 Å². The van der Waals surface area contributed by atoms with Gasteiger partial charge >= 0.3 is 5.97 Å². The van der Waals surface area contributed by atoms with E-state index in [0.29, 0.717) is 25.3 Å². The highest BCUT2D eigenvalue weighted by atomic mass is 16.5. The van der Waals surface area contributed by atoms with E-state index in [1.165, 1.54) is 0 Å². The molecule has 0 aliphatic carbocycles. The third-order valence-electron chi connectivity index (χ3n) is 7.44. The summed E-state index contributed by atoms with van der Waals surface area (Å²) >= 11 is 0. The number of anilines is 1. The zero-order valence-corrected chi connectivity index (χ0v) is 21.8. The van der Waals surface area contributed by atoms with Gasteiger partial charge in [0, 0.05) is 36.2 Å². The number of ether oxygens (including phenoxy) is 1. The number of benzene rings is 2. The lowest BCUT2D eigenvalue weighted by Gasteiger charge is -2.41. The summed E-state index contributed by atoms with van der Waals surface area (Å²) in [5.41, 5.74) is 4.57. The Kier molecular flexibility index (Phi) is 6.96. The first-order chi connectivity index (χ1) is 17.9. The van der Waals surface area contributed by atoms with E-state index in [2.05, 4.69) is 40.8 Å². The lowest BCUT2D eigenvalue weighted by Crippen LogP contribution is -2.47. The van der Waals surface area contributed by atoms with Crippen LogP contribution in [0, 0.1) is 5.92 Å². The zero-order valence-electron chi connectivity index (χ0n) is 21.8. The van der Waals surface area contributed by atoms with Crippen molar-refractivity contribution in [1.29, 1.82) is 0 Å². The molecule has 0 unspecified atom stereocenters. The SMILES string of the molecule is CCOC(=O)C1CCN(c2ncnc3c2CN(C(=O)c2ccc(-c4ccccc4)cc2)CC3(C)C)CC1. The zero-order chi connectivity index (χ0) is 26.0. The normalized spacial score (nSPS) is 17.3. The number of carbonyl (C=O) groups is 2. The Labute approximate surface area is 218 Å². The van der Waals surface area contributed by atoms with Gasteiger partial charge in [-0.1, -0.05) is 56.3 Å². The Bertz CT molecular complexity index is 1270. The maximum atomic E-state index is 13.6. The van der Waals surface area contributed by atoms with Crippen molar-refractivity contribution < 1.29 is 14.3 Å². The molecule has 2 aliphatic rings. The van der Waals surface area contributed by atoms with Gasteiger partial charge in [-0.2, -0.15) is 0 Å². The molecule has 0 bridgehead atoms. The standard InChI is InChI=1S/C30H34N4O3/c1-4-37-29(36)24-14-16-33(17-15-24)27-25-18-34(19-30(2,3)26(25)31-20-32-27)28(35)23-12-10-22(11-13-23)21-8-6-5-7-9-21/h5-13,20,24H,4,14-19H2,1-3H3. The topological polar surface area (TPSA) is 75.6 Å². The van der Waals surface area contributed by atoms with Crippen LogP contribution in [0.5, 0.6) is 0 Å². The maximum absolute atomic E-state index is 13.6. The third-order valence-corrected chi connectivity index (χ3v) is 7.44. The molecule has 1 saturated heterocycles. The lowest BCUT2D eigenvalue weighted by atomic mass is 9.82. The van der Waals surface area contributed by atoms with Gasteiger partial charge in [-0.05, 0) is 43.0 Å². The van der Waals surface area contributed by atoms with Crippen molar-refractivity contribution in [3.8, 4) is 11.1 Å². The predicted molar refractivity (Wildman–Crippen MR) is 143 cm³/mol. The molecule has 0 saturated carbocycles. The van der Waals surface area contributed by atoms with Crippen molar-refractivity contribution in [3.05, 3.63) is 77.7 Å². The molecule has 5 rings (SSSR count). The molecule has 1 fully saturated rings. The Morgan fingerprint density at radius 3 is 2.32 bits per heavy atom. The molecular weight excluding hydrogens is 464 g/mol. The highest BCUT2D eigenvalue weighted by Gasteiger charge is 2.38. The van der Waals surface area contributed by atoms with Crippen LogP contribution in [0.4, 0.5) is 5.82 Å². The number of carbonyl (C=O) groups excluding carboxylic acids is 2. The number of esters is 1. The van der Waals surface area contributed by atoms with Crippen molar-refractivity contribution in [2.45, 2.75) is 45.6 Å². The summed E-state index contributed by atoms with van der Waals surface area (Å²) in [5, 5.41) is 0. The van der Waals surface area contributed by atoms with Crippen molar-refractivity contribution in [2.24, 2.45) is 5.92 Å². The summed E-state index contributed by atoms with van der Waals surface area (Å²) in [5.74, 6) is 0.705. The number of rotatable bonds is 5. The van der Waals surface area contributed by atoms with E-state index in [-0.39, 0.29) is 23.2 Å². The van der Waals surface area contributed by atoms with Crippen LogP contribution in [0.3, 0.4) is 0 Å². The Morgan fingerprint density at radius 2 is 1.65 bits per heavy atom. The molecule has 0 N–H and O–H groups in total. The molecule has 7 nitrogen and oxygen atoms in total. The van der Waals surface area contributed by atoms with E-state index in [0.717, 1.165) is 54.1 Å². The summed E-state index contributed by atoms with van der Waals surface area (Å²) in [6, 6.07) is 18.0. The third kappa shape index (κ3) is 5.08.